The van der Waals surface area contributed by atoms with Gasteiger partial charge in [0.05, 0.1) is 7.11 Å². The van der Waals surface area contributed by atoms with Crippen LogP contribution in [0.2, 0.25) is 10.0 Å². The molecular weight excluding hydrogens is 297 g/mol. The predicted octanol–water partition coefficient (Wildman–Crippen LogP) is 4.01. The van der Waals surface area contributed by atoms with Gasteiger partial charge in [0.2, 0.25) is 0 Å². The lowest BCUT2D eigenvalue weighted by molar-refractivity contribution is 0.0994. The van der Waals surface area contributed by atoms with Gasteiger partial charge in [-0.3, -0.25) is 4.79 Å². The molecule has 0 heterocycles. The van der Waals surface area contributed by atoms with Crippen molar-refractivity contribution >= 4 is 34.7 Å². The predicted molar refractivity (Wildman–Crippen MR) is 81.9 cm³/mol. The maximum atomic E-state index is 12.3. The molecule has 0 unspecified atom stereocenters. The van der Waals surface area contributed by atoms with Gasteiger partial charge in [-0.2, -0.15) is 0 Å². The van der Waals surface area contributed by atoms with Crippen LogP contribution >= 0.6 is 23.2 Å². The third-order valence-electron chi connectivity index (χ3n) is 2.93. The molecule has 2 N–H and O–H groups in total. The van der Waals surface area contributed by atoms with Crippen LogP contribution in [0.4, 0.5) is 5.69 Å². The third kappa shape index (κ3) is 3.24. The van der Waals surface area contributed by atoms with Crippen LogP contribution in [0.5, 0.6) is 5.75 Å². The minimum Gasteiger partial charge on any atom is -0.497 e. The van der Waals surface area contributed by atoms with Crippen LogP contribution in [-0.4, -0.2) is 12.9 Å². The number of anilines is 1. The fourth-order valence-electron chi connectivity index (χ4n) is 1.85. The molecule has 2 rings (SSSR count). The Labute approximate surface area is 127 Å². The first-order valence-corrected chi connectivity index (χ1v) is 6.67. The Kier molecular flexibility index (Phi) is 4.53. The Morgan fingerprint density at radius 2 is 1.95 bits per heavy atom. The zero-order valence-corrected chi connectivity index (χ0v) is 12.3. The number of Topliss-reactive ketones (excluding diaryl/α,β-unsaturated/α-hetero) is 1. The highest BCUT2D eigenvalue weighted by Crippen LogP contribution is 2.25. The average Bonchev–Trinajstić information content (AvgIpc) is 2.41. The van der Waals surface area contributed by atoms with Crippen molar-refractivity contribution in [3.63, 3.8) is 0 Å². The molecule has 0 aliphatic heterocycles. The number of hydrogen-bond donors (Lipinski definition) is 1. The molecule has 5 heteroatoms. The fraction of sp³-hybridized carbons (Fsp3) is 0.133. The van der Waals surface area contributed by atoms with Crippen molar-refractivity contribution in [3.05, 3.63) is 57.6 Å². The number of carbonyl (C=O) groups excluding carboxylic acids is 1. The molecule has 2 aromatic carbocycles. The normalized spacial score (nSPS) is 10.3. The van der Waals surface area contributed by atoms with Gasteiger partial charge in [0.15, 0.2) is 5.78 Å². The molecule has 0 saturated carbocycles. The number of halogens is 2. The first-order chi connectivity index (χ1) is 9.51. The summed E-state index contributed by atoms with van der Waals surface area (Å²) in [5, 5.41) is 1.01. The minimum atomic E-state index is -0.102. The second kappa shape index (κ2) is 6.16. The number of methoxy groups -OCH3 is 1. The summed E-state index contributed by atoms with van der Waals surface area (Å²) in [4.78, 5) is 12.3. The second-order valence-electron chi connectivity index (χ2n) is 4.29. The quantitative estimate of drug-likeness (QED) is 0.686. The lowest BCUT2D eigenvalue weighted by atomic mass is 10.0. The van der Waals surface area contributed by atoms with Crippen LogP contribution in [-0.2, 0) is 6.42 Å². The first-order valence-electron chi connectivity index (χ1n) is 5.92. The molecule has 20 heavy (non-hydrogen) atoms. The molecule has 0 atom stereocenters. The van der Waals surface area contributed by atoms with Crippen molar-refractivity contribution < 1.29 is 9.53 Å². The van der Waals surface area contributed by atoms with Crippen molar-refractivity contribution in [2.75, 3.05) is 12.8 Å². The standard InChI is InChI=1S/C15H13Cl2NO2/c1-20-11-4-5-12(14(18)8-11)15(19)6-9-2-3-10(16)7-13(9)17/h2-5,7-8H,6,18H2,1H3. The van der Waals surface area contributed by atoms with Crippen LogP contribution in [0.3, 0.4) is 0 Å². The number of nitrogen functional groups attached to an aromatic ring is 1. The molecule has 0 spiro atoms. The van der Waals surface area contributed by atoms with E-state index in [1.54, 1.807) is 43.5 Å². The second-order valence-corrected chi connectivity index (χ2v) is 5.13. The van der Waals surface area contributed by atoms with Crippen LogP contribution in [0.1, 0.15) is 15.9 Å². The lowest BCUT2D eigenvalue weighted by Gasteiger charge is -2.08. The van der Waals surface area contributed by atoms with Crippen LogP contribution in [0, 0.1) is 0 Å². The van der Waals surface area contributed by atoms with Crippen molar-refractivity contribution in [2.45, 2.75) is 6.42 Å². The minimum absolute atomic E-state index is 0.102. The maximum absolute atomic E-state index is 12.3. The Morgan fingerprint density at radius 3 is 2.55 bits per heavy atom. The van der Waals surface area contributed by atoms with Gasteiger partial charge in [-0.05, 0) is 29.8 Å². The van der Waals surface area contributed by atoms with Gasteiger partial charge < -0.3 is 10.5 Å². The number of carbonyl (C=O) groups is 1. The Morgan fingerprint density at radius 1 is 1.20 bits per heavy atom. The monoisotopic (exact) mass is 309 g/mol. The first kappa shape index (κ1) is 14.7. The molecule has 0 fully saturated rings. The maximum Gasteiger partial charge on any atom is 0.169 e. The summed E-state index contributed by atoms with van der Waals surface area (Å²) in [5.74, 6) is 0.512. The number of ketones is 1. The Hall–Kier alpha value is -1.71. The van der Waals surface area contributed by atoms with E-state index in [0.29, 0.717) is 27.0 Å². The highest BCUT2D eigenvalue weighted by molar-refractivity contribution is 6.35. The third-order valence-corrected chi connectivity index (χ3v) is 3.51. The highest BCUT2D eigenvalue weighted by Gasteiger charge is 2.13. The fourth-order valence-corrected chi connectivity index (χ4v) is 2.33. The van der Waals surface area contributed by atoms with E-state index in [9.17, 15) is 4.79 Å². The Balaban J connectivity index is 2.24. The number of nitrogens with two attached hydrogens (primary N) is 1. The van der Waals surface area contributed by atoms with Gasteiger partial charge in [0.1, 0.15) is 5.75 Å². The summed E-state index contributed by atoms with van der Waals surface area (Å²) >= 11 is 11.9. The van der Waals surface area contributed by atoms with Crippen molar-refractivity contribution in [1.82, 2.24) is 0 Å². The van der Waals surface area contributed by atoms with Gasteiger partial charge in [0, 0.05) is 33.8 Å². The average molecular weight is 310 g/mol. The molecule has 0 saturated heterocycles. The lowest BCUT2D eigenvalue weighted by Crippen LogP contribution is -2.07. The van der Waals surface area contributed by atoms with E-state index in [2.05, 4.69) is 0 Å². The molecule has 0 aliphatic rings. The summed E-state index contributed by atoms with van der Waals surface area (Å²) in [6.45, 7) is 0. The van der Waals surface area contributed by atoms with E-state index in [1.165, 1.54) is 0 Å². The van der Waals surface area contributed by atoms with Gasteiger partial charge in [-0.25, -0.2) is 0 Å². The summed E-state index contributed by atoms with van der Waals surface area (Å²) in [6, 6.07) is 10.0. The number of ether oxygens (including phenoxy) is 1. The van der Waals surface area contributed by atoms with E-state index in [4.69, 9.17) is 33.7 Å². The summed E-state index contributed by atoms with van der Waals surface area (Å²) in [6.07, 6.45) is 0.173. The van der Waals surface area contributed by atoms with Crippen molar-refractivity contribution in [1.29, 1.82) is 0 Å². The zero-order chi connectivity index (χ0) is 14.7. The molecule has 2 aromatic rings. The topological polar surface area (TPSA) is 52.3 Å². The number of rotatable bonds is 4. The SMILES string of the molecule is COc1ccc(C(=O)Cc2ccc(Cl)cc2Cl)c(N)c1. The van der Waals surface area contributed by atoms with E-state index < -0.39 is 0 Å². The van der Waals surface area contributed by atoms with Crippen LogP contribution in [0.25, 0.3) is 0 Å². The smallest absolute Gasteiger partial charge is 0.169 e. The van der Waals surface area contributed by atoms with Gasteiger partial charge >= 0.3 is 0 Å². The molecular formula is C15H13Cl2NO2. The number of benzene rings is 2. The van der Waals surface area contributed by atoms with E-state index in [1.807, 2.05) is 0 Å². The molecule has 3 nitrogen and oxygen atoms in total. The molecule has 104 valence electrons. The molecule has 0 amide bonds. The van der Waals surface area contributed by atoms with Crippen molar-refractivity contribution in [3.8, 4) is 5.75 Å². The van der Waals surface area contributed by atoms with E-state index >= 15 is 0 Å². The van der Waals surface area contributed by atoms with Crippen molar-refractivity contribution in [2.24, 2.45) is 0 Å². The highest BCUT2D eigenvalue weighted by atomic mass is 35.5. The summed E-state index contributed by atoms with van der Waals surface area (Å²) in [7, 11) is 1.55. The van der Waals surface area contributed by atoms with E-state index in [-0.39, 0.29) is 12.2 Å². The van der Waals surface area contributed by atoms with Gasteiger partial charge in [0.25, 0.3) is 0 Å². The molecule has 0 radical (unpaired) electrons. The zero-order valence-electron chi connectivity index (χ0n) is 10.8. The van der Waals surface area contributed by atoms with E-state index in [0.717, 1.165) is 5.56 Å². The summed E-state index contributed by atoms with van der Waals surface area (Å²) < 4.78 is 5.05. The molecule has 0 aliphatic carbocycles. The molecule has 0 bridgehead atoms. The van der Waals surface area contributed by atoms with Gasteiger partial charge in [-0.15, -0.1) is 0 Å². The van der Waals surface area contributed by atoms with Gasteiger partial charge in [-0.1, -0.05) is 29.3 Å². The Bertz CT molecular complexity index is 656. The number of hydrogen-bond acceptors (Lipinski definition) is 3. The summed E-state index contributed by atoms with van der Waals surface area (Å²) in [5.41, 5.74) is 7.42. The largest absolute Gasteiger partial charge is 0.497 e. The van der Waals surface area contributed by atoms with Crippen LogP contribution < -0.4 is 10.5 Å². The molecule has 0 aromatic heterocycles. The van der Waals surface area contributed by atoms with Crippen LogP contribution in [0.15, 0.2) is 36.4 Å².